The molecule has 8 heavy (non-hydrogen) atoms. The molecule has 0 spiro atoms. The SMILES string of the molecule is SC1CCN(S)CC1. The van der Waals surface area contributed by atoms with Gasteiger partial charge >= 0.3 is 0 Å². The second kappa shape index (κ2) is 2.99. The van der Waals surface area contributed by atoms with Crippen LogP contribution in [-0.4, -0.2) is 22.6 Å². The molecule has 0 saturated carbocycles. The molecule has 1 fully saturated rings. The van der Waals surface area contributed by atoms with Crippen molar-refractivity contribution in [3.8, 4) is 0 Å². The van der Waals surface area contributed by atoms with E-state index in [1.807, 2.05) is 4.31 Å². The maximum absolute atomic E-state index is 4.34. The van der Waals surface area contributed by atoms with Gasteiger partial charge in [-0.3, -0.25) is 4.31 Å². The fourth-order valence-electron chi connectivity index (χ4n) is 0.852. The smallest absolute Gasteiger partial charge is 0.00974 e. The van der Waals surface area contributed by atoms with E-state index in [4.69, 9.17) is 0 Å². The van der Waals surface area contributed by atoms with Crippen LogP contribution in [0.25, 0.3) is 0 Å². The Labute approximate surface area is 61.4 Å². The predicted octanol–water partition coefficient (Wildman–Crippen LogP) is 1.23. The Morgan fingerprint density at radius 2 is 1.75 bits per heavy atom. The van der Waals surface area contributed by atoms with Gasteiger partial charge < -0.3 is 0 Å². The third-order valence-corrected chi connectivity index (χ3v) is 2.36. The zero-order chi connectivity index (χ0) is 5.98. The van der Waals surface area contributed by atoms with Gasteiger partial charge in [-0.25, -0.2) is 0 Å². The van der Waals surface area contributed by atoms with E-state index in [-0.39, 0.29) is 0 Å². The standard InChI is InChI=1S/C5H11NS2/c7-5-1-3-6(8)4-2-5/h5,7-8H,1-4H2. The van der Waals surface area contributed by atoms with Crippen LogP contribution in [-0.2, 0) is 0 Å². The highest BCUT2D eigenvalue weighted by molar-refractivity contribution is 7.81. The molecule has 0 aromatic heterocycles. The number of hydrogen-bond acceptors (Lipinski definition) is 3. The van der Waals surface area contributed by atoms with Gasteiger partial charge in [-0.15, -0.1) is 0 Å². The van der Waals surface area contributed by atoms with E-state index in [1.165, 1.54) is 12.8 Å². The summed E-state index contributed by atoms with van der Waals surface area (Å²) >= 11 is 8.54. The summed E-state index contributed by atoms with van der Waals surface area (Å²) in [5, 5.41) is 0.624. The first-order valence-electron chi connectivity index (χ1n) is 2.91. The first-order chi connectivity index (χ1) is 3.79. The summed E-state index contributed by atoms with van der Waals surface area (Å²) < 4.78 is 2.05. The quantitative estimate of drug-likeness (QED) is 0.490. The van der Waals surface area contributed by atoms with E-state index in [2.05, 4.69) is 25.4 Å². The summed E-state index contributed by atoms with van der Waals surface area (Å²) in [7, 11) is 0. The van der Waals surface area contributed by atoms with Gasteiger partial charge in [-0.1, -0.05) is 12.8 Å². The van der Waals surface area contributed by atoms with E-state index in [1.54, 1.807) is 0 Å². The highest BCUT2D eigenvalue weighted by atomic mass is 32.1. The van der Waals surface area contributed by atoms with Crippen LogP contribution in [0, 0.1) is 0 Å². The number of hydrogen-bond donors (Lipinski definition) is 2. The third kappa shape index (κ3) is 1.88. The van der Waals surface area contributed by atoms with Crippen LogP contribution in [0.4, 0.5) is 0 Å². The Bertz CT molecular complexity index is 58.8. The van der Waals surface area contributed by atoms with Crippen molar-refractivity contribution >= 4 is 25.4 Å². The van der Waals surface area contributed by atoms with Crippen molar-refractivity contribution in [3.05, 3.63) is 0 Å². The van der Waals surface area contributed by atoms with Crippen molar-refractivity contribution in [3.63, 3.8) is 0 Å². The zero-order valence-electron chi connectivity index (χ0n) is 4.75. The molecule has 1 heterocycles. The molecule has 0 unspecified atom stereocenters. The zero-order valence-corrected chi connectivity index (χ0v) is 6.54. The molecule has 0 atom stereocenters. The lowest BCUT2D eigenvalue weighted by Gasteiger charge is -2.24. The highest BCUT2D eigenvalue weighted by Gasteiger charge is 2.12. The molecule has 48 valence electrons. The van der Waals surface area contributed by atoms with Gasteiger partial charge in [0.05, 0.1) is 0 Å². The van der Waals surface area contributed by atoms with Crippen molar-refractivity contribution in [2.24, 2.45) is 0 Å². The summed E-state index contributed by atoms with van der Waals surface area (Å²) in [5.41, 5.74) is 0. The topological polar surface area (TPSA) is 3.24 Å². The monoisotopic (exact) mass is 149 g/mol. The molecule has 0 aromatic rings. The predicted molar refractivity (Wildman–Crippen MR) is 42.6 cm³/mol. The summed E-state index contributed by atoms with van der Waals surface area (Å²) in [6.07, 6.45) is 2.37. The molecule has 0 N–H and O–H groups in total. The van der Waals surface area contributed by atoms with E-state index in [0.29, 0.717) is 5.25 Å². The number of thiol groups is 2. The molecule has 0 amide bonds. The Morgan fingerprint density at radius 3 is 2.12 bits per heavy atom. The second-order valence-corrected chi connectivity index (χ2v) is 3.48. The fraction of sp³-hybridized carbons (Fsp3) is 1.00. The van der Waals surface area contributed by atoms with Gasteiger partial charge in [0.2, 0.25) is 0 Å². The third-order valence-electron chi connectivity index (χ3n) is 1.44. The van der Waals surface area contributed by atoms with Crippen molar-refractivity contribution in [1.82, 2.24) is 4.31 Å². The second-order valence-electron chi connectivity index (χ2n) is 2.18. The van der Waals surface area contributed by atoms with Crippen LogP contribution >= 0.6 is 25.4 Å². The molecule has 0 aliphatic carbocycles. The van der Waals surface area contributed by atoms with Crippen LogP contribution in [0.1, 0.15) is 12.8 Å². The Hall–Kier alpha value is 0.660. The molecule has 0 radical (unpaired) electrons. The Morgan fingerprint density at radius 1 is 1.25 bits per heavy atom. The van der Waals surface area contributed by atoms with Gasteiger partial charge in [-0.2, -0.15) is 12.6 Å². The largest absolute Gasteiger partial charge is 0.253 e. The van der Waals surface area contributed by atoms with Crippen LogP contribution in [0.5, 0.6) is 0 Å². The van der Waals surface area contributed by atoms with Crippen molar-refractivity contribution < 1.29 is 0 Å². The Kier molecular flexibility index (Phi) is 2.53. The van der Waals surface area contributed by atoms with Gasteiger partial charge in [0.25, 0.3) is 0 Å². The average molecular weight is 149 g/mol. The molecule has 0 bridgehead atoms. The van der Waals surface area contributed by atoms with E-state index in [0.717, 1.165) is 13.1 Å². The number of rotatable bonds is 0. The molecule has 1 saturated heterocycles. The van der Waals surface area contributed by atoms with E-state index < -0.39 is 0 Å². The lowest BCUT2D eigenvalue weighted by molar-refractivity contribution is 0.393. The average Bonchev–Trinajstić information content (AvgIpc) is 1.77. The minimum atomic E-state index is 0.624. The molecule has 1 nitrogen and oxygen atoms in total. The summed E-state index contributed by atoms with van der Waals surface area (Å²) in [5.74, 6) is 0. The van der Waals surface area contributed by atoms with E-state index >= 15 is 0 Å². The number of nitrogens with zero attached hydrogens (tertiary/aromatic N) is 1. The van der Waals surface area contributed by atoms with Gasteiger partial charge in [0.15, 0.2) is 0 Å². The Balaban J connectivity index is 2.19. The van der Waals surface area contributed by atoms with Crippen LogP contribution in [0.2, 0.25) is 0 Å². The lowest BCUT2D eigenvalue weighted by Crippen LogP contribution is -2.26. The van der Waals surface area contributed by atoms with Crippen LogP contribution in [0.15, 0.2) is 0 Å². The minimum Gasteiger partial charge on any atom is -0.253 e. The molecule has 1 rings (SSSR count). The number of piperidine rings is 1. The van der Waals surface area contributed by atoms with Crippen molar-refractivity contribution in [1.29, 1.82) is 0 Å². The van der Waals surface area contributed by atoms with Gasteiger partial charge in [0.1, 0.15) is 0 Å². The molecule has 1 aliphatic heterocycles. The normalized spacial score (nSPS) is 26.2. The van der Waals surface area contributed by atoms with E-state index in [9.17, 15) is 0 Å². The first-order valence-corrected chi connectivity index (χ1v) is 3.82. The molecular formula is C5H11NS2. The molecule has 1 aliphatic rings. The molecular weight excluding hydrogens is 138 g/mol. The first kappa shape index (κ1) is 6.78. The van der Waals surface area contributed by atoms with Crippen LogP contribution in [0.3, 0.4) is 0 Å². The minimum absolute atomic E-state index is 0.624. The summed E-state index contributed by atoms with van der Waals surface area (Å²) in [4.78, 5) is 0. The van der Waals surface area contributed by atoms with Gasteiger partial charge in [0, 0.05) is 18.3 Å². The van der Waals surface area contributed by atoms with Gasteiger partial charge in [-0.05, 0) is 12.8 Å². The highest BCUT2D eigenvalue weighted by Crippen LogP contribution is 2.15. The maximum atomic E-state index is 4.34. The molecule has 3 heteroatoms. The van der Waals surface area contributed by atoms with Crippen molar-refractivity contribution in [2.75, 3.05) is 13.1 Å². The van der Waals surface area contributed by atoms with Crippen molar-refractivity contribution in [2.45, 2.75) is 18.1 Å². The lowest BCUT2D eigenvalue weighted by atomic mass is 10.2. The summed E-state index contributed by atoms with van der Waals surface area (Å²) in [6.45, 7) is 2.19. The fourth-order valence-corrected chi connectivity index (χ4v) is 1.31. The summed E-state index contributed by atoms with van der Waals surface area (Å²) in [6, 6.07) is 0. The van der Waals surface area contributed by atoms with Crippen LogP contribution < -0.4 is 0 Å². The molecule has 0 aromatic carbocycles. The maximum Gasteiger partial charge on any atom is 0.00974 e.